The molecule has 88 valence electrons. The van der Waals surface area contributed by atoms with Gasteiger partial charge in [-0.2, -0.15) is 5.10 Å². The van der Waals surface area contributed by atoms with E-state index in [-0.39, 0.29) is 0 Å². The number of nitrogen functional groups attached to an aromatic ring is 1. The first kappa shape index (κ1) is 11.1. The topological polar surface area (TPSA) is 99.8 Å². The predicted octanol–water partition coefficient (Wildman–Crippen LogP) is 0.565. The van der Waals surface area contributed by atoms with Gasteiger partial charge in [0, 0.05) is 5.69 Å². The molecule has 4 N–H and O–H groups in total. The Morgan fingerprint density at radius 3 is 2.65 bits per heavy atom. The molecule has 0 spiro atoms. The number of carbonyl (C=O) groups is 1. The Balaban J connectivity index is 2.71. The van der Waals surface area contributed by atoms with Gasteiger partial charge < -0.3 is 11.5 Å². The van der Waals surface area contributed by atoms with Crippen LogP contribution in [0.2, 0.25) is 0 Å². The lowest BCUT2D eigenvalue weighted by Gasteiger charge is -2.10. The van der Waals surface area contributed by atoms with Gasteiger partial charge >= 0.3 is 0 Å². The van der Waals surface area contributed by atoms with Gasteiger partial charge in [0.05, 0.1) is 35.0 Å². The number of hydrogen-bond acceptors (Lipinski definition) is 4. The Bertz CT molecular complexity index is 588. The number of rotatable bonds is 2. The van der Waals surface area contributed by atoms with E-state index in [0.717, 1.165) is 5.69 Å². The Labute approximate surface area is 98.3 Å². The number of primary amides is 1. The van der Waals surface area contributed by atoms with Crippen molar-refractivity contribution in [2.24, 2.45) is 5.73 Å². The van der Waals surface area contributed by atoms with E-state index in [0.29, 0.717) is 22.6 Å². The first-order valence-electron chi connectivity index (χ1n) is 5.07. The zero-order chi connectivity index (χ0) is 12.6. The monoisotopic (exact) mass is 231 g/mol. The van der Waals surface area contributed by atoms with Gasteiger partial charge in [-0.15, -0.1) is 0 Å². The van der Waals surface area contributed by atoms with Crippen molar-refractivity contribution >= 4 is 11.6 Å². The summed E-state index contributed by atoms with van der Waals surface area (Å²) in [7, 11) is 0. The molecule has 0 fully saturated rings. The molecule has 2 rings (SSSR count). The minimum Gasteiger partial charge on any atom is -0.396 e. The zero-order valence-electron chi connectivity index (χ0n) is 9.64. The summed E-state index contributed by atoms with van der Waals surface area (Å²) in [6.07, 6.45) is 3.14. The van der Waals surface area contributed by atoms with Gasteiger partial charge in [-0.1, -0.05) is 0 Å². The fraction of sp³-hybridized carbons (Fsp3) is 0.182. The summed E-state index contributed by atoms with van der Waals surface area (Å²) in [6.45, 7) is 3.58. The van der Waals surface area contributed by atoms with Crippen LogP contribution in [-0.2, 0) is 0 Å². The third kappa shape index (κ3) is 1.96. The molecule has 17 heavy (non-hydrogen) atoms. The van der Waals surface area contributed by atoms with E-state index in [9.17, 15) is 4.79 Å². The minimum atomic E-state index is -0.529. The van der Waals surface area contributed by atoms with Crippen LogP contribution in [0, 0.1) is 13.8 Å². The van der Waals surface area contributed by atoms with Crippen LogP contribution >= 0.6 is 0 Å². The van der Waals surface area contributed by atoms with Crippen molar-refractivity contribution in [3.05, 3.63) is 35.4 Å². The first-order chi connectivity index (χ1) is 7.99. The molecule has 0 radical (unpaired) electrons. The average Bonchev–Trinajstić information content (AvgIpc) is 2.62. The number of nitrogens with two attached hydrogens (primary N) is 2. The van der Waals surface area contributed by atoms with Crippen LogP contribution in [0.3, 0.4) is 0 Å². The molecule has 0 aliphatic heterocycles. The Kier molecular flexibility index (Phi) is 2.55. The highest BCUT2D eigenvalue weighted by Crippen LogP contribution is 2.18. The molecule has 0 unspecified atom stereocenters. The summed E-state index contributed by atoms with van der Waals surface area (Å²) in [4.78, 5) is 15.7. The van der Waals surface area contributed by atoms with Crippen molar-refractivity contribution in [3.63, 3.8) is 0 Å². The molecule has 2 aromatic heterocycles. The van der Waals surface area contributed by atoms with Gasteiger partial charge in [0.15, 0.2) is 0 Å². The van der Waals surface area contributed by atoms with E-state index >= 15 is 0 Å². The number of nitrogens with zero attached hydrogens (tertiary/aromatic N) is 3. The molecule has 2 heterocycles. The number of hydrogen-bond donors (Lipinski definition) is 2. The van der Waals surface area contributed by atoms with Crippen LogP contribution in [0.4, 0.5) is 5.69 Å². The largest absolute Gasteiger partial charge is 0.396 e. The van der Waals surface area contributed by atoms with Crippen molar-refractivity contribution < 1.29 is 4.79 Å². The summed E-state index contributed by atoms with van der Waals surface area (Å²) in [5.41, 5.74) is 13.8. The molecule has 0 bridgehead atoms. The number of anilines is 1. The van der Waals surface area contributed by atoms with E-state index in [1.165, 1.54) is 10.9 Å². The Morgan fingerprint density at radius 1 is 1.41 bits per heavy atom. The molecule has 0 saturated carbocycles. The standard InChI is InChI=1S/C11H13N5O/c1-6-3-9(16-5-8(12)4-14-16)10(11(13)17)7(2)15-6/h3-5H,12H2,1-2H3,(H2,13,17). The van der Waals surface area contributed by atoms with Crippen LogP contribution in [0.15, 0.2) is 18.5 Å². The van der Waals surface area contributed by atoms with E-state index in [1.807, 2.05) is 6.92 Å². The summed E-state index contributed by atoms with van der Waals surface area (Å²) < 4.78 is 1.52. The molecular formula is C11H13N5O. The van der Waals surface area contributed by atoms with Crippen LogP contribution in [-0.4, -0.2) is 20.7 Å². The van der Waals surface area contributed by atoms with Crippen molar-refractivity contribution in [3.8, 4) is 5.69 Å². The molecule has 0 saturated heterocycles. The highest BCUT2D eigenvalue weighted by molar-refractivity contribution is 5.97. The molecule has 0 aliphatic carbocycles. The third-order valence-electron chi connectivity index (χ3n) is 2.40. The molecule has 0 aliphatic rings. The summed E-state index contributed by atoms with van der Waals surface area (Å²) in [5.74, 6) is -0.529. The maximum Gasteiger partial charge on any atom is 0.252 e. The van der Waals surface area contributed by atoms with Crippen LogP contribution in [0.25, 0.3) is 5.69 Å². The maximum atomic E-state index is 11.4. The van der Waals surface area contributed by atoms with Gasteiger partial charge in [-0.05, 0) is 19.9 Å². The van der Waals surface area contributed by atoms with Crippen molar-refractivity contribution in [2.45, 2.75) is 13.8 Å². The number of pyridine rings is 1. The average molecular weight is 231 g/mol. The molecule has 2 aromatic rings. The summed E-state index contributed by atoms with van der Waals surface area (Å²) >= 11 is 0. The lowest BCUT2D eigenvalue weighted by atomic mass is 10.1. The van der Waals surface area contributed by atoms with Crippen molar-refractivity contribution in [2.75, 3.05) is 5.73 Å². The lowest BCUT2D eigenvalue weighted by Crippen LogP contribution is -2.18. The lowest BCUT2D eigenvalue weighted by molar-refractivity contribution is 0.0999. The van der Waals surface area contributed by atoms with E-state index < -0.39 is 5.91 Å². The van der Waals surface area contributed by atoms with E-state index in [2.05, 4.69) is 10.1 Å². The van der Waals surface area contributed by atoms with Crippen LogP contribution in [0.1, 0.15) is 21.7 Å². The zero-order valence-corrected chi connectivity index (χ0v) is 9.64. The van der Waals surface area contributed by atoms with Crippen LogP contribution < -0.4 is 11.5 Å². The number of carbonyl (C=O) groups excluding carboxylic acids is 1. The fourth-order valence-corrected chi connectivity index (χ4v) is 1.76. The number of aryl methyl sites for hydroxylation is 2. The third-order valence-corrected chi connectivity index (χ3v) is 2.40. The Morgan fingerprint density at radius 2 is 2.12 bits per heavy atom. The van der Waals surface area contributed by atoms with Gasteiger partial charge in [-0.3, -0.25) is 9.78 Å². The molecule has 1 amide bonds. The fourth-order valence-electron chi connectivity index (χ4n) is 1.76. The normalized spacial score (nSPS) is 10.5. The quantitative estimate of drug-likeness (QED) is 0.788. The summed E-state index contributed by atoms with van der Waals surface area (Å²) in [6, 6.07) is 1.75. The highest BCUT2D eigenvalue weighted by Gasteiger charge is 2.15. The molecule has 6 nitrogen and oxygen atoms in total. The van der Waals surface area contributed by atoms with Crippen molar-refractivity contribution in [1.82, 2.24) is 14.8 Å². The molecule has 0 aromatic carbocycles. The smallest absolute Gasteiger partial charge is 0.252 e. The molecular weight excluding hydrogens is 218 g/mol. The highest BCUT2D eigenvalue weighted by atomic mass is 16.1. The predicted molar refractivity (Wildman–Crippen MR) is 63.8 cm³/mol. The molecule has 0 atom stereocenters. The van der Waals surface area contributed by atoms with Crippen LogP contribution in [0.5, 0.6) is 0 Å². The number of aromatic nitrogens is 3. The number of amides is 1. The van der Waals surface area contributed by atoms with Gasteiger partial charge in [0.1, 0.15) is 0 Å². The Hall–Kier alpha value is -2.37. The second-order valence-electron chi connectivity index (χ2n) is 3.83. The SMILES string of the molecule is Cc1cc(-n2cc(N)cn2)c(C(N)=O)c(C)n1. The van der Waals surface area contributed by atoms with E-state index in [4.69, 9.17) is 11.5 Å². The second kappa shape index (κ2) is 3.89. The van der Waals surface area contributed by atoms with E-state index in [1.54, 1.807) is 19.2 Å². The second-order valence-corrected chi connectivity index (χ2v) is 3.83. The van der Waals surface area contributed by atoms with Gasteiger partial charge in [0.25, 0.3) is 5.91 Å². The summed E-state index contributed by atoms with van der Waals surface area (Å²) in [5, 5.41) is 4.07. The first-order valence-corrected chi connectivity index (χ1v) is 5.07. The van der Waals surface area contributed by atoms with Crippen molar-refractivity contribution in [1.29, 1.82) is 0 Å². The minimum absolute atomic E-state index is 0.360. The van der Waals surface area contributed by atoms with Gasteiger partial charge in [0.2, 0.25) is 0 Å². The molecule has 6 heteroatoms. The maximum absolute atomic E-state index is 11.4. The van der Waals surface area contributed by atoms with Gasteiger partial charge in [-0.25, -0.2) is 4.68 Å².